The number of aryl methyl sites for hydroxylation is 2. The summed E-state index contributed by atoms with van der Waals surface area (Å²) < 4.78 is 0. The first-order valence-electron chi connectivity index (χ1n) is 8.27. The lowest BCUT2D eigenvalue weighted by molar-refractivity contribution is 0.282. The molecule has 0 saturated heterocycles. The number of aliphatic hydroxyl groups is 1. The van der Waals surface area contributed by atoms with Crippen molar-refractivity contribution in [2.24, 2.45) is 0 Å². The van der Waals surface area contributed by atoms with Crippen LogP contribution in [0.25, 0.3) is 0 Å². The Balaban J connectivity index is 1.76. The van der Waals surface area contributed by atoms with E-state index in [-0.39, 0.29) is 0 Å². The molecule has 0 saturated carbocycles. The van der Waals surface area contributed by atoms with Crippen molar-refractivity contribution in [1.29, 1.82) is 0 Å². The summed E-state index contributed by atoms with van der Waals surface area (Å²) in [7, 11) is 0. The lowest BCUT2D eigenvalue weighted by Crippen LogP contribution is -2.20. The highest BCUT2D eigenvalue weighted by Gasteiger charge is 2.11. The van der Waals surface area contributed by atoms with Gasteiger partial charge in [0, 0.05) is 12.6 Å². The molecule has 0 radical (unpaired) electrons. The monoisotopic (exact) mass is 275 g/mol. The molecule has 20 heavy (non-hydrogen) atoms. The minimum absolute atomic E-state index is 0.332. The van der Waals surface area contributed by atoms with Gasteiger partial charge in [-0.05, 0) is 68.7 Å². The third-order valence-corrected chi connectivity index (χ3v) is 4.41. The van der Waals surface area contributed by atoms with Gasteiger partial charge in [-0.1, -0.05) is 31.0 Å². The number of nitrogens with one attached hydrogen (secondary N) is 1. The summed E-state index contributed by atoms with van der Waals surface area (Å²) in [5.41, 5.74) is 4.57. The van der Waals surface area contributed by atoms with Crippen molar-refractivity contribution in [3.63, 3.8) is 0 Å². The molecule has 1 atom stereocenters. The molecule has 2 rings (SSSR count). The standard InChI is InChI=1S/C18H29NO/c1-15(19-12-6-2-3-7-13-20)17-11-10-16-8-4-5-9-18(16)14-17/h10-11,14-15,19-20H,2-9,12-13H2,1H3. The van der Waals surface area contributed by atoms with E-state index in [1.54, 1.807) is 11.1 Å². The molecule has 0 heterocycles. The maximum atomic E-state index is 8.74. The quantitative estimate of drug-likeness (QED) is 0.708. The van der Waals surface area contributed by atoms with Crippen molar-refractivity contribution in [1.82, 2.24) is 5.32 Å². The van der Waals surface area contributed by atoms with Crippen molar-refractivity contribution >= 4 is 0 Å². The second-order valence-electron chi connectivity index (χ2n) is 6.05. The van der Waals surface area contributed by atoms with Crippen LogP contribution in [-0.2, 0) is 12.8 Å². The molecule has 1 aliphatic rings. The summed E-state index contributed by atoms with van der Waals surface area (Å²) in [5.74, 6) is 0. The number of rotatable bonds is 8. The van der Waals surface area contributed by atoms with Crippen molar-refractivity contribution in [3.05, 3.63) is 34.9 Å². The third kappa shape index (κ3) is 4.60. The number of aliphatic hydroxyl groups excluding tert-OH is 1. The van der Waals surface area contributed by atoms with Gasteiger partial charge in [0.2, 0.25) is 0 Å². The van der Waals surface area contributed by atoms with E-state index in [2.05, 4.69) is 30.4 Å². The van der Waals surface area contributed by atoms with E-state index in [4.69, 9.17) is 5.11 Å². The first-order valence-corrected chi connectivity index (χ1v) is 8.27. The van der Waals surface area contributed by atoms with Crippen LogP contribution in [0.4, 0.5) is 0 Å². The fourth-order valence-electron chi connectivity index (χ4n) is 3.05. The molecule has 2 nitrogen and oxygen atoms in total. The van der Waals surface area contributed by atoms with Gasteiger partial charge in [0.1, 0.15) is 0 Å². The van der Waals surface area contributed by atoms with E-state index in [0.717, 1.165) is 19.4 Å². The molecule has 0 fully saturated rings. The first kappa shape index (κ1) is 15.5. The number of benzene rings is 1. The summed E-state index contributed by atoms with van der Waals surface area (Å²) in [5, 5.41) is 12.4. The van der Waals surface area contributed by atoms with Gasteiger partial charge in [0.05, 0.1) is 0 Å². The van der Waals surface area contributed by atoms with Crippen LogP contribution in [-0.4, -0.2) is 18.3 Å². The number of unbranched alkanes of at least 4 members (excludes halogenated alkanes) is 3. The SMILES string of the molecule is CC(NCCCCCCO)c1ccc2c(c1)CCCC2. The van der Waals surface area contributed by atoms with Gasteiger partial charge in [-0.15, -0.1) is 0 Å². The molecule has 112 valence electrons. The van der Waals surface area contributed by atoms with Crippen molar-refractivity contribution < 1.29 is 5.11 Å². The fraction of sp³-hybridized carbons (Fsp3) is 0.667. The largest absolute Gasteiger partial charge is 0.396 e. The zero-order chi connectivity index (χ0) is 14.2. The Kier molecular flexibility index (Phi) is 6.55. The molecule has 1 unspecified atom stereocenters. The summed E-state index contributed by atoms with van der Waals surface area (Å²) in [6.07, 6.45) is 9.74. The number of hydrogen-bond donors (Lipinski definition) is 2. The molecule has 0 aliphatic heterocycles. The zero-order valence-electron chi connectivity index (χ0n) is 12.8. The normalized spacial score (nSPS) is 15.9. The molecule has 0 aromatic heterocycles. The number of fused-ring (bicyclic) bond motifs is 1. The van der Waals surface area contributed by atoms with Crippen LogP contribution in [0.15, 0.2) is 18.2 Å². The van der Waals surface area contributed by atoms with Crippen molar-refractivity contribution in [3.8, 4) is 0 Å². The molecule has 1 aromatic carbocycles. The van der Waals surface area contributed by atoms with Gasteiger partial charge in [-0.2, -0.15) is 0 Å². The molecule has 1 aliphatic carbocycles. The molecule has 0 bridgehead atoms. The van der Waals surface area contributed by atoms with Gasteiger partial charge in [0.15, 0.2) is 0 Å². The lowest BCUT2D eigenvalue weighted by atomic mass is 9.89. The zero-order valence-corrected chi connectivity index (χ0v) is 12.8. The van der Waals surface area contributed by atoms with Gasteiger partial charge < -0.3 is 10.4 Å². The Labute approximate surface area is 123 Å². The average molecular weight is 275 g/mol. The van der Waals surface area contributed by atoms with Crippen LogP contribution in [0, 0.1) is 0 Å². The second kappa shape index (κ2) is 8.43. The predicted octanol–water partition coefficient (Wildman–Crippen LogP) is 3.77. The summed E-state index contributed by atoms with van der Waals surface area (Å²) in [6, 6.07) is 7.49. The highest BCUT2D eigenvalue weighted by atomic mass is 16.2. The van der Waals surface area contributed by atoms with Crippen molar-refractivity contribution in [2.45, 2.75) is 64.3 Å². The van der Waals surface area contributed by atoms with Crippen LogP contribution < -0.4 is 5.32 Å². The van der Waals surface area contributed by atoms with E-state index in [1.165, 1.54) is 44.1 Å². The minimum Gasteiger partial charge on any atom is -0.396 e. The fourth-order valence-corrected chi connectivity index (χ4v) is 3.05. The van der Waals surface area contributed by atoms with E-state index in [1.807, 2.05) is 0 Å². The Morgan fingerprint density at radius 3 is 2.60 bits per heavy atom. The van der Waals surface area contributed by atoms with Crippen LogP contribution in [0.5, 0.6) is 0 Å². The minimum atomic E-state index is 0.332. The van der Waals surface area contributed by atoms with Gasteiger partial charge in [0.25, 0.3) is 0 Å². The molecular formula is C18H29NO. The second-order valence-corrected chi connectivity index (χ2v) is 6.05. The van der Waals surface area contributed by atoms with Crippen LogP contribution >= 0.6 is 0 Å². The molecular weight excluding hydrogens is 246 g/mol. The summed E-state index contributed by atoms with van der Waals surface area (Å²) in [4.78, 5) is 0. The topological polar surface area (TPSA) is 32.3 Å². The van der Waals surface area contributed by atoms with E-state index in [9.17, 15) is 0 Å². The lowest BCUT2D eigenvalue weighted by Gasteiger charge is -2.20. The summed E-state index contributed by atoms with van der Waals surface area (Å²) >= 11 is 0. The Morgan fingerprint density at radius 2 is 1.80 bits per heavy atom. The molecule has 2 heteroatoms. The third-order valence-electron chi connectivity index (χ3n) is 4.41. The predicted molar refractivity (Wildman–Crippen MR) is 85.1 cm³/mol. The highest BCUT2D eigenvalue weighted by molar-refractivity contribution is 5.35. The van der Waals surface area contributed by atoms with Gasteiger partial charge in [-0.3, -0.25) is 0 Å². The molecule has 2 N–H and O–H groups in total. The van der Waals surface area contributed by atoms with Gasteiger partial charge in [-0.25, -0.2) is 0 Å². The Hall–Kier alpha value is -0.860. The van der Waals surface area contributed by atoms with Crippen LogP contribution in [0.2, 0.25) is 0 Å². The van der Waals surface area contributed by atoms with Gasteiger partial charge >= 0.3 is 0 Å². The maximum Gasteiger partial charge on any atom is 0.0431 e. The molecule has 1 aromatic rings. The molecule has 0 spiro atoms. The molecule has 0 amide bonds. The van der Waals surface area contributed by atoms with Crippen molar-refractivity contribution in [2.75, 3.05) is 13.2 Å². The van der Waals surface area contributed by atoms with Crippen LogP contribution in [0.1, 0.15) is 68.2 Å². The Morgan fingerprint density at radius 1 is 1.05 bits per heavy atom. The Bertz CT molecular complexity index is 402. The average Bonchev–Trinajstić information content (AvgIpc) is 2.50. The van der Waals surface area contributed by atoms with Crippen LogP contribution in [0.3, 0.4) is 0 Å². The van der Waals surface area contributed by atoms with E-state index in [0.29, 0.717) is 12.6 Å². The maximum absolute atomic E-state index is 8.74. The van der Waals surface area contributed by atoms with E-state index < -0.39 is 0 Å². The first-order chi connectivity index (χ1) is 9.81. The highest BCUT2D eigenvalue weighted by Crippen LogP contribution is 2.24. The number of hydrogen-bond acceptors (Lipinski definition) is 2. The smallest absolute Gasteiger partial charge is 0.0431 e. The van der Waals surface area contributed by atoms with E-state index >= 15 is 0 Å². The summed E-state index contributed by atoms with van der Waals surface area (Å²) in [6.45, 7) is 3.67.